The van der Waals surface area contributed by atoms with Crippen LogP contribution in [0.2, 0.25) is 0 Å². The third-order valence-corrected chi connectivity index (χ3v) is 7.08. The lowest BCUT2D eigenvalue weighted by molar-refractivity contribution is -0.118. The zero-order valence-electron chi connectivity index (χ0n) is 17.6. The molecule has 164 valence electrons. The Bertz CT molecular complexity index is 1350. The number of carbonyl (C=O) groups is 1. The highest BCUT2D eigenvalue weighted by Crippen LogP contribution is 2.32. The molecule has 0 atom stereocenters. The number of fused-ring (bicyclic) bond motifs is 1. The lowest BCUT2D eigenvalue weighted by Crippen LogP contribution is -2.31. The molecule has 0 unspecified atom stereocenters. The molecule has 2 heterocycles. The van der Waals surface area contributed by atoms with Gasteiger partial charge in [0.1, 0.15) is 5.75 Å². The second kappa shape index (κ2) is 9.05. The number of sulfone groups is 1. The Balaban J connectivity index is 1.65. The zero-order valence-corrected chi connectivity index (χ0v) is 19.2. The molecule has 0 saturated carbocycles. The highest BCUT2D eigenvalue weighted by Gasteiger charge is 2.21. The summed E-state index contributed by atoms with van der Waals surface area (Å²) in [5, 5.41) is 0.586. The molecular formula is C23H21N3O4S2. The van der Waals surface area contributed by atoms with Gasteiger partial charge < -0.3 is 4.74 Å². The number of anilines is 1. The van der Waals surface area contributed by atoms with Crippen molar-refractivity contribution in [3.8, 4) is 5.75 Å². The van der Waals surface area contributed by atoms with E-state index < -0.39 is 9.84 Å². The van der Waals surface area contributed by atoms with Crippen molar-refractivity contribution >= 4 is 42.4 Å². The van der Waals surface area contributed by atoms with Crippen LogP contribution in [-0.2, 0) is 27.6 Å². The maximum Gasteiger partial charge on any atom is 0.233 e. The number of rotatable bonds is 7. The Hall–Kier alpha value is -3.30. The van der Waals surface area contributed by atoms with Gasteiger partial charge in [-0.3, -0.25) is 14.7 Å². The average molecular weight is 468 g/mol. The largest absolute Gasteiger partial charge is 0.497 e. The lowest BCUT2D eigenvalue weighted by Gasteiger charge is -2.20. The van der Waals surface area contributed by atoms with Gasteiger partial charge in [0.05, 0.1) is 35.2 Å². The van der Waals surface area contributed by atoms with Crippen molar-refractivity contribution in [3.63, 3.8) is 0 Å². The van der Waals surface area contributed by atoms with E-state index in [0.29, 0.717) is 11.7 Å². The van der Waals surface area contributed by atoms with Gasteiger partial charge in [0.2, 0.25) is 5.91 Å². The van der Waals surface area contributed by atoms with E-state index in [9.17, 15) is 13.2 Å². The SMILES string of the molecule is COc1ccc2nc(N(Cc3ccncc3)C(=O)Cc3ccc(S(C)(=O)=O)cc3)sc2c1. The Morgan fingerprint density at radius 2 is 1.75 bits per heavy atom. The average Bonchev–Trinajstić information content (AvgIpc) is 3.20. The van der Waals surface area contributed by atoms with Crippen molar-refractivity contribution in [1.82, 2.24) is 9.97 Å². The maximum atomic E-state index is 13.3. The molecule has 0 spiro atoms. The molecule has 0 fully saturated rings. The summed E-state index contributed by atoms with van der Waals surface area (Å²) in [6, 6.07) is 15.7. The number of benzene rings is 2. The summed E-state index contributed by atoms with van der Waals surface area (Å²) < 4.78 is 29.6. The molecule has 0 N–H and O–H groups in total. The van der Waals surface area contributed by atoms with Crippen LogP contribution in [0.4, 0.5) is 5.13 Å². The fourth-order valence-electron chi connectivity index (χ4n) is 3.19. The van der Waals surface area contributed by atoms with E-state index in [-0.39, 0.29) is 17.2 Å². The highest BCUT2D eigenvalue weighted by molar-refractivity contribution is 7.90. The van der Waals surface area contributed by atoms with Gasteiger partial charge in [-0.2, -0.15) is 0 Å². The number of methoxy groups -OCH3 is 1. The fraction of sp³-hybridized carbons (Fsp3) is 0.174. The molecule has 0 bridgehead atoms. The van der Waals surface area contributed by atoms with Crippen molar-refractivity contribution < 1.29 is 17.9 Å². The van der Waals surface area contributed by atoms with Gasteiger partial charge in [0.15, 0.2) is 15.0 Å². The van der Waals surface area contributed by atoms with Crippen LogP contribution >= 0.6 is 11.3 Å². The third kappa shape index (κ3) is 4.95. The summed E-state index contributed by atoms with van der Waals surface area (Å²) in [5.74, 6) is 0.589. The number of amides is 1. The number of nitrogens with zero attached hydrogens (tertiary/aromatic N) is 3. The molecule has 2 aromatic carbocycles. The minimum absolute atomic E-state index is 0.119. The molecule has 32 heavy (non-hydrogen) atoms. The van der Waals surface area contributed by atoms with Crippen LogP contribution in [0.1, 0.15) is 11.1 Å². The lowest BCUT2D eigenvalue weighted by atomic mass is 10.1. The summed E-state index contributed by atoms with van der Waals surface area (Å²) >= 11 is 1.42. The van der Waals surface area contributed by atoms with Crippen LogP contribution in [0.25, 0.3) is 10.2 Å². The number of carbonyl (C=O) groups excluding carboxylic acids is 1. The number of thiazole rings is 1. The number of ether oxygens (including phenoxy) is 1. The molecule has 4 rings (SSSR count). The summed E-state index contributed by atoms with van der Waals surface area (Å²) in [6.45, 7) is 0.347. The summed E-state index contributed by atoms with van der Waals surface area (Å²) in [4.78, 5) is 23.9. The number of pyridine rings is 1. The predicted molar refractivity (Wildman–Crippen MR) is 125 cm³/mol. The first-order valence-electron chi connectivity index (χ1n) is 9.76. The van der Waals surface area contributed by atoms with Gasteiger partial charge in [-0.05, 0) is 53.6 Å². The predicted octanol–water partition coefficient (Wildman–Crippen LogP) is 3.88. The molecule has 9 heteroatoms. The molecule has 0 saturated heterocycles. The van der Waals surface area contributed by atoms with Gasteiger partial charge in [0, 0.05) is 18.6 Å². The minimum atomic E-state index is -3.29. The van der Waals surface area contributed by atoms with Crippen LogP contribution in [0, 0.1) is 0 Å². The third-order valence-electron chi connectivity index (χ3n) is 4.91. The smallest absolute Gasteiger partial charge is 0.233 e. The van der Waals surface area contributed by atoms with Gasteiger partial charge in [-0.1, -0.05) is 23.5 Å². The van der Waals surface area contributed by atoms with Crippen LogP contribution in [0.3, 0.4) is 0 Å². The van der Waals surface area contributed by atoms with Crippen molar-refractivity contribution in [2.75, 3.05) is 18.3 Å². The topological polar surface area (TPSA) is 89.5 Å². The van der Waals surface area contributed by atoms with Gasteiger partial charge in [0.25, 0.3) is 0 Å². The van der Waals surface area contributed by atoms with Gasteiger partial charge in [-0.15, -0.1) is 0 Å². The second-order valence-electron chi connectivity index (χ2n) is 7.26. The van der Waals surface area contributed by atoms with E-state index in [4.69, 9.17) is 4.74 Å². The molecule has 0 aliphatic rings. The molecule has 0 aliphatic carbocycles. The van der Waals surface area contributed by atoms with E-state index in [1.807, 2.05) is 30.3 Å². The van der Waals surface area contributed by atoms with E-state index in [1.54, 1.807) is 36.5 Å². The fourth-order valence-corrected chi connectivity index (χ4v) is 4.83. The first-order valence-corrected chi connectivity index (χ1v) is 12.5. The van der Waals surface area contributed by atoms with E-state index in [0.717, 1.165) is 33.3 Å². The highest BCUT2D eigenvalue weighted by atomic mass is 32.2. The Kier molecular flexibility index (Phi) is 6.20. The summed E-state index contributed by atoms with van der Waals surface area (Å²) in [7, 11) is -1.68. The Labute approximate surface area is 190 Å². The van der Waals surface area contributed by atoms with Crippen LogP contribution in [-0.4, -0.2) is 37.7 Å². The first-order chi connectivity index (χ1) is 15.3. The monoisotopic (exact) mass is 467 g/mol. The zero-order chi connectivity index (χ0) is 22.7. The number of hydrogen-bond donors (Lipinski definition) is 0. The molecule has 7 nitrogen and oxygen atoms in total. The number of aromatic nitrogens is 2. The van der Waals surface area contributed by atoms with E-state index in [1.165, 1.54) is 23.5 Å². The van der Waals surface area contributed by atoms with E-state index in [2.05, 4.69) is 9.97 Å². The Morgan fingerprint density at radius 3 is 2.41 bits per heavy atom. The van der Waals surface area contributed by atoms with Crippen molar-refractivity contribution in [3.05, 3.63) is 78.1 Å². The van der Waals surface area contributed by atoms with Crippen LogP contribution < -0.4 is 9.64 Å². The summed E-state index contributed by atoms with van der Waals surface area (Å²) in [5.41, 5.74) is 2.44. The molecule has 0 aliphatic heterocycles. The van der Waals surface area contributed by atoms with Crippen LogP contribution in [0.5, 0.6) is 5.75 Å². The molecule has 1 amide bonds. The van der Waals surface area contributed by atoms with Gasteiger partial charge >= 0.3 is 0 Å². The van der Waals surface area contributed by atoms with Gasteiger partial charge in [-0.25, -0.2) is 13.4 Å². The standard InChI is InChI=1S/C23H21N3O4S2/c1-30-18-5-8-20-21(14-18)31-23(25-20)26(15-17-9-11-24-12-10-17)22(27)13-16-3-6-19(7-4-16)32(2,28)29/h3-12,14H,13,15H2,1-2H3. The maximum absolute atomic E-state index is 13.3. The molecule has 0 radical (unpaired) electrons. The van der Waals surface area contributed by atoms with Crippen molar-refractivity contribution in [1.29, 1.82) is 0 Å². The normalized spacial score (nSPS) is 11.4. The van der Waals surface area contributed by atoms with Crippen molar-refractivity contribution in [2.24, 2.45) is 0 Å². The van der Waals surface area contributed by atoms with Crippen LogP contribution in [0.15, 0.2) is 71.9 Å². The Morgan fingerprint density at radius 1 is 1.03 bits per heavy atom. The number of hydrogen-bond acceptors (Lipinski definition) is 7. The molecular weight excluding hydrogens is 446 g/mol. The second-order valence-corrected chi connectivity index (χ2v) is 10.3. The quantitative estimate of drug-likeness (QED) is 0.410. The molecule has 4 aromatic rings. The molecule has 2 aromatic heterocycles. The van der Waals surface area contributed by atoms with Crippen molar-refractivity contribution in [2.45, 2.75) is 17.9 Å². The first kappa shape index (κ1) is 21.9. The summed E-state index contributed by atoms with van der Waals surface area (Å²) in [6.07, 6.45) is 4.65. The minimum Gasteiger partial charge on any atom is -0.497 e. The van der Waals surface area contributed by atoms with E-state index >= 15 is 0 Å².